The Morgan fingerprint density at radius 2 is 1.50 bits per heavy atom. The van der Waals surface area contributed by atoms with Gasteiger partial charge in [-0.3, -0.25) is 14.4 Å². The standard InChI is InChI=1S/C23H17Br2Cl2NO4/c24-20-13-9-14(21(20)25)19-18(13)22(30)28(23(19)31)15-8-12(27)5-6-16(15)32-17(29)7-10-1-3-11(26)4-2-10/h1-6,8,13-14,18-21H,7,9H2. The number of halogens is 4. The summed E-state index contributed by atoms with van der Waals surface area (Å²) in [5.41, 5.74) is 0.948. The van der Waals surface area contributed by atoms with Gasteiger partial charge in [-0.05, 0) is 54.2 Å². The fourth-order valence-electron chi connectivity index (χ4n) is 5.27. The van der Waals surface area contributed by atoms with Gasteiger partial charge in [0.1, 0.15) is 0 Å². The van der Waals surface area contributed by atoms with Gasteiger partial charge in [0.2, 0.25) is 11.8 Å². The SMILES string of the molecule is O=C(Cc1ccc(Cl)cc1)Oc1ccc(Cl)cc1N1C(=O)C2C3CC(C(Br)C3Br)C2C1=O. The third-order valence-corrected chi connectivity index (χ3v) is 10.3. The minimum Gasteiger partial charge on any atom is -0.424 e. The van der Waals surface area contributed by atoms with Gasteiger partial charge >= 0.3 is 5.97 Å². The molecule has 3 aliphatic rings. The number of fused-ring (bicyclic) bond motifs is 5. The summed E-state index contributed by atoms with van der Waals surface area (Å²) in [6.07, 6.45) is 0.859. The lowest BCUT2D eigenvalue weighted by molar-refractivity contribution is -0.134. The number of esters is 1. The number of alkyl halides is 2. The lowest BCUT2D eigenvalue weighted by Crippen LogP contribution is -2.37. The Hall–Kier alpha value is -1.41. The molecule has 9 heteroatoms. The van der Waals surface area contributed by atoms with Crippen LogP contribution in [0.25, 0.3) is 0 Å². The van der Waals surface area contributed by atoms with Crippen LogP contribution >= 0.6 is 55.1 Å². The molecular formula is C23H17Br2Cl2NO4. The molecule has 0 aromatic heterocycles. The van der Waals surface area contributed by atoms with E-state index >= 15 is 0 Å². The number of hydrogen-bond donors (Lipinski definition) is 0. The minimum absolute atomic E-state index is 0.0209. The molecule has 1 aliphatic heterocycles. The van der Waals surface area contributed by atoms with Crippen molar-refractivity contribution in [3.05, 3.63) is 58.1 Å². The summed E-state index contributed by atoms with van der Waals surface area (Å²) in [6.45, 7) is 0. The normalized spacial score (nSPS) is 30.7. The van der Waals surface area contributed by atoms with E-state index in [2.05, 4.69) is 31.9 Å². The molecule has 0 radical (unpaired) electrons. The molecule has 6 atom stereocenters. The number of benzene rings is 2. The summed E-state index contributed by atoms with van der Waals surface area (Å²) >= 11 is 19.5. The number of anilines is 1. The molecule has 2 bridgehead atoms. The van der Waals surface area contributed by atoms with Crippen molar-refractivity contribution in [1.29, 1.82) is 0 Å². The van der Waals surface area contributed by atoms with Crippen molar-refractivity contribution in [1.82, 2.24) is 0 Å². The summed E-state index contributed by atoms with van der Waals surface area (Å²) < 4.78 is 5.58. The molecule has 2 amide bonds. The van der Waals surface area contributed by atoms with Crippen molar-refractivity contribution < 1.29 is 19.1 Å². The monoisotopic (exact) mass is 599 g/mol. The highest BCUT2D eigenvalue weighted by Crippen LogP contribution is 2.61. The quantitative estimate of drug-likeness (QED) is 0.203. The van der Waals surface area contributed by atoms with Crippen LogP contribution in [0.4, 0.5) is 5.69 Å². The molecule has 0 N–H and O–H groups in total. The van der Waals surface area contributed by atoms with Crippen molar-refractivity contribution >= 4 is 78.5 Å². The zero-order valence-corrected chi connectivity index (χ0v) is 21.2. The van der Waals surface area contributed by atoms with Crippen molar-refractivity contribution in [2.24, 2.45) is 23.7 Å². The average molecular weight is 602 g/mol. The molecule has 2 saturated carbocycles. The van der Waals surface area contributed by atoms with Gasteiger partial charge < -0.3 is 4.74 Å². The van der Waals surface area contributed by atoms with Gasteiger partial charge in [-0.25, -0.2) is 4.90 Å². The highest BCUT2D eigenvalue weighted by Gasteiger charge is 2.66. The largest absolute Gasteiger partial charge is 0.424 e. The Morgan fingerprint density at radius 1 is 0.938 bits per heavy atom. The van der Waals surface area contributed by atoms with E-state index in [1.807, 2.05) is 0 Å². The fraction of sp³-hybridized carbons (Fsp3) is 0.348. The van der Waals surface area contributed by atoms with Crippen molar-refractivity contribution in [2.75, 3.05) is 4.90 Å². The predicted molar refractivity (Wildman–Crippen MR) is 129 cm³/mol. The van der Waals surface area contributed by atoms with E-state index in [1.54, 1.807) is 30.3 Å². The van der Waals surface area contributed by atoms with Gasteiger partial charge in [0.05, 0.1) is 23.9 Å². The first kappa shape index (κ1) is 22.4. The van der Waals surface area contributed by atoms with Crippen LogP contribution in [0.3, 0.4) is 0 Å². The minimum atomic E-state index is -0.517. The molecule has 2 aromatic carbocycles. The average Bonchev–Trinajstić information content (AvgIpc) is 3.36. The molecule has 5 rings (SSSR count). The Kier molecular flexibility index (Phi) is 5.89. The second-order valence-electron chi connectivity index (χ2n) is 8.41. The van der Waals surface area contributed by atoms with Crippen LogP contribution in [0.5, 0.6) is 5.75 Å². The third-order valence-electron chi connectivity index (χ3n) is 6.63. The first-order valence-electron chi connectivity index (χ1n) is 10.2. The Morgan fingerprint density at radius 3 is 2.09 bits per heavy atom. The summed E-state index contributed by atoms with van der Waals surface area (Å²) in [7, 11) is 0. The number of rotatable bonds is 4. The number of imide groups is 1. The van der Waals surface area contributed by atoms with E-state index in [9.17, 15) is 14.4 Å². The van der Waals surface area contributed by atoms with E-state index in [1.165, 1.54) is 12.1 Å². The molecule has 1 saturated heterocycles. The lowest BCUT2D eigenvalue weighted by atomic mass is 9.81. The van der Waals surface area contributed by atoms with Crippen molar-refractivity contribution in [3.63, 3.8) is 0 Å². The zero-order valence-electron chi connectivity index (χ0n) is 16.5. The van der Waals surface area contributed by atoms with Crippen LogP contribution < -0.4 is 9.64 Å². The molecule has 0 spiro atoms. The second-order valence-corrected chi connectivity index (χ2v) is 11.4. The lowest BCUT2D eigenvalue weighted by Gasteiger charge is -2.28. The Bertz CT molecular complexity index is 1090. The maximum Gasteiger partial charge on any atom is 0.315 e. The molecule has 3 fully saturated rings. The molecule has 32 heavy (non-hydrogen) atoms. The third kappa shape index (κ3) is 3.61. The Balaban J connectivity index is 1.43. The smallest absolute Gasteiger partial charge is 0.315 e. The van der Waals surface area contributed by atoms with Gasteiger partial charge in [-0.2, -0.15) is 0 Å². The number of hydrogen-bond acceptors (Lipinski definition) is 4. The molecule has 2 aromatic rings. The van der Waals surface area contributed by atoms with Crippen LogP contribution in [0, 0.1) is 23.7 Å². The van der Waals surface area contributed by atoms with Gasteiger partial charge in [-0.1, -0.05) is 67.2 Å². The van der Waals surface area contributed by atoms with E-state index in [0.717, 1.165) is 16.9 Å². The number of ether oxygens (including phenoxy) is 1. The molecule has 166 valence electrons. The number of amides is 2. The maximum atomic E-state index is 13.4. The maximum absolute atomic E-state index is 13.4. The van der Waals surface area contributed by atoms with E-state index < -0.39 is 5.97 Å². The molecular weight excluding hydrogens is 585 g/mol. The topological polar surface area (TPSA) is 63.7 Å². The fourth-order valence-corrected chi connectivity index (χ4v) is 7.43. The number of carbonyl (C=O) groups excluding carboxylic acids is 3. The van der Waals surface area contributed by atoms with Crippen molar-refractivity contribution in [3.8, 4) is 5.75 Å². The van der Waals surface area contributed by atoms with Crippen LogP contribution in [-0.4, -0.2) is 27.4 Å². The molecule has 6 unspecified atom stereocenters. The van der Waals surface area contributed by atoms with E-state index in [4.69, 9.17) is 27.9 Å². The summed E-state index contributed by atoms with van der Waals surface area (Å²) in [5, 5.41) is 0.916. The Labute approximate surface area is 211 Å². The highest BCUT2D eigenvalue weighted by molar-refractivity contribution is 9.12. The first-order valence-corrected chi connectivity index (χ1v) is 12.8. The predicted octanol–water partition coefficient (Wildman–Crippen LogP) is 5.42. The highest BCUT2D eigenvalue weighted by atomic mass is 79.9. The zero-order chi connectivity index (χ0) is 22.7. The summed E-state index contributed by atoms with van der Waals surface area (Å²) in [6, 6.07) is 11.5. The van der Waals surface area contributed by atoms with Crippen LogP contribution in [0.2, 0.25) is 10.0 Å². The molecule has 5 nitrogen and oxygen atoms in total. The van der Waals surface area contributed by atoms with Gasteiger partial charge in [-0.15, -0.1) is 0 Å². The van der Waals surface area contributed by atoms with Gasteiger partial charge in [0.25, 0.3) is 0 Å². The number of carbonyl (C=O) groups is 3. The molecule has 2 aliphatic carbocycles. The van der Waals surface area contributed by atoms with Crippen LogP contribution in [0.1, 0.15) is 12.0 Å². The van der Waals surface area contributed by atoms with E-state index in [0.29, 0.717) is 10.0 Å². The van der Waals surface area contributed by atoms with Gasteiger partial charge in [0, 0.05) is 19.7 Å². The summed E-state index contributed by atoms with van der Waals surface area (Å²) in [4.78, 5) is 40.8. The van der Waals surface area contributed by atoms with E-state index in [-0.39, 0.29) is 63.0 Å². The van der Waals surface area contributed by atoms with Crippen LogP contribution in [-0.2, 0) is 20.8 Å². The summed E-state index contributed by atoms with van der Waals surface area (Å²) in [5.74, 6) is -1.46. The second kappa shape index (κ2) is 8.42. The number of nitrogens with zero attached hydrogens (tertiary/aromatic N) is 1. The van der Waals surface area contributed by atoms with Gasteiger partial charge in [0.15, 0.2) is 5.75 Å². The van der Waals surface area contributed by atoms with Crippen molar-refractivity contribution in [2.45, 2.75) is 22.5 Å². The first-order chi connectivity index (χ1) is 15.3. The molecule has 1 heterocycles. The van der Waals surface area contributed by atoms with Crippen LogP contribution in [0.15, 0.2) is 42.5 Å².